The summed E-state index contributed by atoms with van der Waals surface area (Å²) in [6, 6.07) is 0. The molecule has 1 aliphatic heterocycles. The molecule has 0 aliphatic carbocycles. The summed E-state index contributed by atoms with van der Waals surface area (Å²) in [6.07, 6.45) is 4.24. The van der Waals surface area contributed by atoms with E-state index in [1.165, 1.54) is 6.33 Å². The first-order valence-electron chi connectivity index (χ1n) is 4.66. The van der Waals surface area contributed by atoms with Crippen molar-refractivity contribution in [3.63, 3.8) is 0 Å². The first-order valence-corrected chi connectivity index (χ1v) is 4.66. The first kappa shape index (κ1) is 9.21. The Bertz CT molecular complexity index is 317. The van der Waals surface area contributed by atoms with E-state index in [1.807, 2.05) is 0 Å². The number of likely N-dealkylation sites (N-methyl/N-ethyl adjacent to an activating group) is 1. The van der Waals surface area contributed by atoms with Crippen LogP contribution < -0.4 is 10.5 Å². The van der Waals surface area contributed by atoms with Crippen LogP contribution in [-0.2, 0) is 0 Å². The Kier molecular flexibility index (Phi) is 2.49. The number of aromatic nitrogens is 2. The van der Waals surface area contributed by atoms with Gasteiger partial charge in [-0.15, -0.1) is 0 Å². The summed E-state index contributed by atoms with van der Waals surface area (Å²) in [6.45, 7) is 2.00. The highest BCUT2D eigenvalue weighted by Crippen LogP contribution is 2.19. The van der Waals surface area contributed by atoms with Crippen molar-refractivity contribution in [3.05, 3.63) is 12.5 Å². The maximum absolute atomic E-state index is 5.67. The maximum atomic E-state index is 5.67. The van der Waals surface area contributed by atoms with E-state index in [4.69, 9.17) is 10.5 Å². The lowest BCUT2D eigenvalue weighted by molar-refractivity contribution is 0.201. The molecule has 1 saturated heterocycles. The summed E-state index contributed by atoms with van der Waals surface area (Å²) >= 11 is 0. The molecule has 2 heterocycles. The summed E-state index contributed by atoms with van der Waals surface area (Å²) < 4.78 is 5.66. The zero-order valence-corrected chi connectivity index (χ0v) is 8.18. The minimum absolute atomic E-state index is 0.206. The number of nitrogen functional groups attached to an aromatic ring is 1. The van der Waals surface area contributed by atoms with Crippen LogP contribution in [0.2, 0.25) is 0 Å². The van der Waals surface area contributed by atoms with E-state index in [9.17, 15) is 0 Å². The van der Waals surface area contributed by atoms with E-state index in [1.54, 1.807) is 6.20 Å². The summed E-state index contributed by atoms with van der Waals surface area (Å²) in [4.78, 5) is 10.0. The van der Waals surface area contributed by atoms with Crippen LogP contribution in [0.5, 0.6) is 5.88 Å². The van der Waals surface area contributed by atoms with E-state index in [-0.39, 0.29) is 6.10 Å². The number of hydrogen-bond acceptors (Lipinski definition) is 5. The fourth-order valence-electron chi connectivity index (χ4n) is 1.58. The molecule has 0 amide bonds. The summed E-state index contributed by atoms with van der Waals surface area (Å²) in [5, 5.41) is 0. The van der Waals surface area contributed by atoms with Crippen molar-refractivity contribution in [1.29, 1.82) is 0 Å². The Morgan fingerprint density at radius 1 is 1.64 bits per heavy atom. The topological polar surface area (TPSA) is 64.3 Å². The number of ether oxygens (including phenoxy) is 1. The molecule has 1 unspecified atom stereocenters. The molecule has 2 rings (SSSR count). The van der Waals surface area contributed by atoms with Crippen LogP contribution in [0, 0.1) is 0 Å². The van der Waals surface area contributed by atoms with Gasteiger partial charge in [0.2, 0.25) is 5.88 Å². The monoisotopic (exact) mass is 194 g/mol. The second-order valence-electron chi connectivity index (χ2n) is 3.57. The third-order valence-electron chi connectivity index (χ3n) is 2.33. The van der Waals surface area contributed by atoms with Gasteiger partial charge in [-0.3, -0.25) is 0 Å². The number of anilines is 1. The zero-order chi connectivity index (χ0) is 9.97. The third kappa shape index (κ3) is 1.93. The van der Waals surface area contributed by atoms with Crippen molar-refractivity contribution in [2.45, 2.75) is 12.5 Å². The molecular formula is C9H14N4O. The number of rotatable bonds is 2. The standard InChI is InChI=1S/C9H14N4O/c1-13-3-2-7(5-13)14-9-8(10)4-11-6-12-9/h4,6-7H,2-3,5,10H2,1H3. The van der Waals surface area contributed by atoms with Gasteiger partial charge in [0.15, 0.2) is 0 Å². The second kappa shape index (κ2) is 3.79. The Morgan fingerprint density at radius 3 is 3.14 bits per heavy atom. The molecule has 1 aromatic heterocycles. The van der Waals surface area contributed by atoms with Gasteiger partial charge in [0.25, 0.3) is 0 Å². The molecule has 1 aliphatic rings. The van der Waals surface area contributed by atoms with Crippen molar-refractivity contribution in [3.8, 4) is 5.88 Å². The average Bonchev–Trinajstić information content (AvgIpc) is 2.56. The smallest absolute Gasteiger partial charge is 0.240 e. The highest BCUT2D eigenvalue weighted by Gasteiger charge is 2.21. The van der Waals surface area contributed by atoms with E-state index < -0.39 is 0 Å². The van der Waals surface area contributed by atoms with Crippen LogP contribution in [0.25, 0.3) is 0 Å². The van der Waals surface area contributed by atoms with Crippen molar-refractivity contribution >= 4 is 5.69 Å². The molecule has 0 spiro atoms. The molecule has 1 aromatic rings. The van der Waals surface area contributed by atoms with E-state index >= 15 is 0 Å². The molecule has 14 heavy (non-hydrogen) atoms. The quantitative estimate of drug-likeness (QED) is 0.725. The van der Waals surface area contributed by atoms with E-state index in [2.05, 4.69) is 21.9 Å². The fraction of sp³-hybridized carbons (Fsp3) is 0.556. The number of nitrogens with zero attached hydrogens (tertiary/aromatic N) is 3. The van der Waals surface area contributed by atoms with E-state index in [0.29, 0.717) is 11.6 Å². The molecule has 5 heteroatoms. The molecule has 0 aromatic carbocycles. The molecule has 0 bridgehead atoms. The van der Waals surface area contributed by atoms with Crippen LogP contribution >= 0.6 is 0 Å². The number of nitrogens with two attached hydrogens (primary N) is 1. The third-order valence-corrected chi connectivity index (χ3v) is 2.33. The lowest BCUT2D eigenvalue weighted by Gasteiger charge is -2.13. The van der Waals surface area contributed by atoms with Gasteiger partial charge in [-0.2, -0.15) is 4.98 Å². The summed E-state index contributed by atoms with van der Waals surface area (Å²) in [5.74, 6) is 0.500. The predicted octanol–water partition coefficient (Wildman–Crippen LogP) is 0.142. The molecule has 0 saturated carbocycles. The Balaban J connectivity index is 2.01. The molecule has 1 atom stereocenters. The van der Waals surface area contributed by atoms with Crippen molar-refractivity contribution in [2.24, 2.45) is 0 Å². The van der Waals surface area contributed by atoms with Gasteiger partial charge in [-0.25, -0.2) is 4.98 Å². The number of hydrogen-bond donors (Lipinski definition) is 1. The zero-order valence-electron chi connectivity index (χ0n) is 8.18. The van der Waals surface area contributed by atoms with Gasteiger partial charge in [0, 0.05) is 13.1 Å². The minimum atomic E-state index is 0.206. The molecule has 2 N–H and O–H groups in total. The molecular weight excluding hydrogens is 180 g/mol. The van der Waals surface area contributed by atoms with Crippen LogP contribution in [0.3, 0.4) is 0 Å². The largest absolute Gasteiger partial charge is 0.471 e. The Hall–Kier alpha value is -1.36. The van der Waals surface area contributed by atoms with Gasteiger partial charge in [-0.1, -0.05) is 0 Å². The summed E-state index contributed by atoms with van der Waals surface area (Å²) in [5.41, 5.74) is 6.17. The average molecular weight is 194 g/mol. The lowest BCUT2D eigenvalue weighted by Crippen LogP contribution is -2.22. The molecule has 76 valence electrons. The summed E-state index contributed by atoms with van der Waals surface area (Å²) in [7, 11) is 2.08. The minimum Gasteiger partial charge on any atom is -0.471 e. The first-order chi connectivity index (χ1) is 6.75. The van der Waals surface area contributed by atoms with Crippen LogP contribution in [0.4, 0.5) is 5.69 Å². The van der Waals surface area contributed by atoms with Crippen molar-refractivity contribution < 1.29 is 4.74 Å². The normalized spacial score (nSPS) is 22.5. The lowest BCUT2D eigenvalue weighted by atomic mass is 10.3. The second-order valence-corrected chi connectivity index (χ2v) is 3.57. The molecule has 1 fully saturated rings. The van der Waals surface area contributed by atoms with Gasteiger partial charge >= 0.3 is 0 Å². The van der Waals surface area contributed by atoms with E-state index in [0.717, 1.165) is 19.5 Å². The Labute approximate surface area is 82.9 Å². The van der Waals surface area contributed by atoms with Gasteiger partial charge in [-0.05, 0) is 13.5 Å². The predicted molar refractivity (Wildman–Crippen MR) is 53.0 cm³/mol. The van der Waals surface area contributed by atoms with Crippen LogP contribution in [0.1, 0.15) is 6.42 Å². The maximum Gasteiger partial charge on any atom is 0.240 e. The van der Waals surface area contributed by atoms with Gasteiger partial charge < -0.3 is 15.4 Å². The highest BCUT2D eigenvalue weighted by molar-refractivity contribution is 5.44. The molecule has 0 radical (unpaired) electrons. The van der Waals surface area contributed by atoms with Crippen molar-refractivity contribution in [1.82, 2.24) is 14.9 Å². The van der Waals surface area contributed by atoms with Gasteiger partial charge in [0.05, 0.1) is 6.20 Å². The van der Waals surface area contributed by atoms with Gasteiger partial charge in [0.1, 0.15) is 18.1 Å². The van der Waals surface area contributed by atoms with Crippen LogP contribution in [-0.4, -0.2) is 41.1 Å². The van der Waals surface area contributed by atoms with Crippen molar-refractivity contribution in [2.75, 3.05) is 25.9 Å². The number of likely N-dealkylation sites (tertiary alicyclic amines) is 1. The molecule has 5 nitrogen and oxygen atoms in total. The van der Waals surface area contributed by atoms with Crippen LogP contribution in [0.15, 0.2) is 12.5 Å². The Morgan fingerprint density at radius 2 is 2.50 bits per heavy atom. The fourth-order valence-corrected chi connectivity index (χ4v) is 1.58. The highest BCUT2D eigenvalue weighted by atomic mass is 16.5. The SMILES string of the molecule is CN1CCC(Oc2ncncc2N)C1.